The zero-order valence-electron chi connectivity index (χ0n) is 16.1. The summed E-state index contributed by atoms with van der Waals surface area (Å²) in [6.45, 7) is -0.145. The summed E-state index contributed by atoms with van der Waals surface area (Å²) in [6.07, 6.45) is 0. The number of aliphatic hydroxyl groups is 1. The minimum atomic E-state index is -3.85. The molecule has 3 aromatic rings. The van der Waals surface area contributed by atoms with Crippen molar-refractivity contribution in [3.63, 3.8) is 0 Å². The van der Waals surface area contributed by atoms with Crippen molar-refractivity contribution in [2.24, 2.45) is 10.1 Å². The quantitative estimate of drug-likeness (QED) is 0.574. The van der Waals surface area contributed by atoms with E-state index in [1.807, 2.05) is 0 Å². The molecule has 3 N–H and O–H groups in total. The Morgan fingerprint density at radius 1 is 1.00 bits per heavy atom. The Hall–Kier alpha value is -3.04. The van der Waals surface area contributed by atoms with Crippen LogP contribution in [0.4, 0.5) is 5.69 Å². The first kappa shape index (κ1) is 21.2. The fourth-order valence-electron chi connectivity index (χ4n) is 3.36. The molecule has 0 aliphatic carbocycles. The number of nitrogens with two attached hydrogens (primary N) is 1. The van der Waals surface area contributed by atoms with Crippen LogP contribution < -0.4 is 10.0 Å². The fourth-order valence-corrected chi connectivity index (χ4v) is 4.00. The predicted molar refractivity (Wildman–Crippen MR) is 119 cm³/mol. The molecule has 3 aromatic carbocycles. The number of ketones is 1. The molecule has 0 aromatic heterocycles. The highest BCUT2D eigenvalue weighted by atomic mass is 35.5. The second-order valence-electron chi connectivity index (χ2n) is 7.08. The van der Waals surface area contributed by atoms with Gasteiger partial charge in [-0.05, 0) is 48.5 Å². The van der Waals surface area contributed by atoms with Crippen molar-refractivity contribution < 1.29 is 18.3 Å². The average molecular weight is 456 g/mol. The lowest BCUT2D eigenvalue weighted by Gasteiger charge is -2.23. The monoisotopic (exact) mass is 455 g/mol. The van der Waals surface area contributed by atoms with Gasteiger partial charge in [-0.1, -0.05) is 41.9 Å². The Morgan fingerprint density at radius 3 is 2.19 bits per heavy atom. The maximum Gasteiger partial charge on any atom is 0.240 e. The van der Waals surface area contributed by atoms with Crippen LogP contribution in [0.2, 0.25) is 5.02 Å². The molecule has 0 bridgehead atoms. The van der Waals surface area contributed by atoms with Gasteiger partial charge in [0.2, 0.25) is 21.5 Å². The molecule has 1 heterocycles. The van der Waals surface area contributed by atoms with E-state index < -0.39 is 21.5 Å². The maximum atomic E-state index is 13.1. The first-order valence-corrected chi connectivity index (χ1v) is 11.2. The molecule has 0 spiro atoms. The van der Waals surface area contributed by atoms with Crippen LogP contribution in [0.5, 0.6) is 0 Å². The number of β-amino-alcohol motifs (C(OH)–C–C–N with tert-alkyl or cyclic N) is 1. The number of anilines is 1. The lowest BCUT2D eigenvalue weighted by molar-refractivity contribution is 0.0438. The summed E-state index contributed by atoms with van der Waals surface area (Å²) in [5, 5.41) is 16.9. The van der Waals surface area contributed by atoms with Crippen LogP contribution >= 0.6 is 11.6 Å². The van der Waals surface area contributed by atoms with Gasteiger partial charge in [-0.25, -0.2) is 18.5 Å². The number of aliphatic imine (C=N–C) groups is 1. The SMILES string of the molecule is NS(=O)(=O)c1ccc(N2CC(O)(C(=O)c3ccccc3)N=C2c2ccc(Cl)cc2)cc1. The Bertz CT molecular complexity index is 1260. The van der Waals surface area contributed by atoms with E-state index in [1.54, 1.807) is 71.6 Å². The van der Waals surface area contributed by atoms with Gasteiger partial charge in [0.1, 0.15) is 5.84 Å². The second-order valence-corrected chi connectivity index (χ2v) is 9.08. The number of hydrogen-bond acceptors (Lipinski definition) is 6. The van der Waals surface area contributed by atoms with Gasteiger partial charge in [0.05, 0.1) is 11.4 Å². The van der Waals surface area contributed by atoms with Gasteiger partial charge in [0.25, 0.3) is 0 Å². The summed E-state index contributed by atoms with van der Waals surface area (Å²) >= 11 is 5.99. The van der Waals surface area contributed by atoms with Crippen molar-refractivity contribution in [1.82, 2.24) is 0 Å². The van der Waals surface area contributed by atoms with Crippen molar-refractivity contribution in [2.45, 2.75) is 10.6 Å². The number of primary sulfonamides is 1. The van der Waals surface area contributed by atoms with Gasteiger partial charge in [0, 0.05) is 21.8 Å². The van der Waals surface area contributed by atoms with Crippen LogP contribution in [-0.4, -0.2) is 37.4 Å². The molecular weight excluding hydrogens is 438 g/mol. The molecule has 1 unspecified atom stereocenters. The Kier molecular flexibility index (Phi) is 5.40. The molecule has 158 valence electrons. The van der Waals surface area contributed by atoms with Crippen LogP contribution in [0, 0.1) is 0 Å². The van der Waals surface area contributed by atoms with E-state index in [2.05, 4.69) is 4.99 Å². The fraction of sp³-hybridized carbons (Fsp3) is 0.0909. The van der Waals surface area contributed by atoms with Gasteiger partial charge in [-0.15, -0.1) is 0 Å². The average Bonchev–Trinajstić information content (AvgIpc) is 3.13. The van der Waals surface area contributed by atoms with E-state index in [0.717, 1.165) is 0 Å². The third-order valence-corrected chi connectivity index (χ3v) is 6.09. The number of carbonyl (C=O) groups is 1. The van der Waals surface area contributed by atoms with Gasteiger partial charge >= 0.3 is 0 Å². The number of carbonyl (C=O) groups excluding carboxylic acids is 1. The minimum absolute atomic E-state index is 0.0453. The Balaban J connectivity index is 1.78. The smallest absolute Gasteiger partial charge is 0.240 e. The van der Waals surface area contributed by atoms with E-state index in [0.29, 0.717) is 27.7 Å². The van der Waals surface area contributed by atoms with Crippen molar-refractivity contribution in [3.8, 4) is 0 Å². The zero-order valence-corrected chi connectivity index (χ0v) is 17.7. The van der Waals surface area contributed by atoms with Crippen LogP contribution in [0.25, 0.3) is 0 Å². The molecule has 1 aliphatic heterocycles. The summed E-state index contributed by atoms with van der Waals surface area (Å²) < 4.78 is 23.2. The summed E-state index contributed by atoms with van der Waals surface area (Å²) in [5.41, 5.74) is -0.514. The normalized spacial score (nSPS) is 18.7. The second kappa shape index (κ2) is 7.90. The molecule has 7 nitrogen and oxygen atoms in total. The van der Waals surface area contributed by atoms with Gasteiger partial charge < -0.3 is 10.0 Å². The number of hydrogen-bond donors (Lipinski definition) is 2. The zero-order chi connectivity index (χ0) is 22.2. The minimum Gasteiger partial charge on any atom is -0.362 e. The highest BCUT2D eigenvalue weighted by molar-refractivity contribution is 7.89. The molecule has 0 saturated heterocycles. The number of benzene rings is 3. The van der Waals surface area contributed by atoms with E-state index in [4.69, 9.17) is 16.7 Å². The summed E-state index contributed by atoms with van der Waals surface area (Å²) in [6, 6.07) is 21.0. The Labute approximate surface area is 184 Å². The molecule has 0 fully saturated rings. The van der Waals surface area contributed by atoms with Crippen molar-refractivity contribution in [1.29, 1.82) is 0 Å². The molecule has 0 radical (unpaired) electrons. The van der Waals surface area contributed by atoms with Crippen molar-refractivity contribution in [2.75, 3.05) is 11.4 Å². The third kappa shape index (κ3) is 4.24. The number of halogens is 1. The van der Waals surface area contributed by atoms with Crippen LogP contribution in [-0.2, 0) is 10.0 Å². The number of sulfonamides is 1. The maximum absolute atomic E-state index is 13.1. The van der Waals surface area contributed by atoms with Crippen molar-refractivity contribution in [3.05, 3.63) is 95.0 Å². The standard InChI is InChI=1S/C22H18ClN3O4S/c23-17-8-6-16(7-9-17)21-25-22(28,20(27)15-4-2-1-3-5-15)14-26(21)18-10-12-19(13-11-18)31(24,29)30/h1-13,28H,14H2,(H2,24,29,30). The van der Waals surface area contributed by atoms with Crippen LogP contribution in [0.15, 0.2) is 88.8 Å². The van der Waals surface area contributed by atoms with E-state index in [9.17, 15) is 18.3 Å². The molecule has 9 heteroatoms. The number of rotatable bonds is 5. The number of nitrogens with zero attached hydrogens (tertiary/aromatic N) is 2. The van der Waals surface area contributed by atoms with Crippen LogP contribution in [0.1, 0.15) is 15.9 Å². The van der Waals surface area contributed by atoms with E-state index in [-0.39, 0.29) is 11.4 Å². The Morgan fingerprint density at radius 2 is 1.61 bits per heavy atom. The third-order valence-electron chi connectivity index (χ3n) is 4.90. The lowest BCUT2D eigenvalue weighted by Crippen LogP contribution is -2.42. The first-order chi connectivity index (χ1) is 14.7. The van der Waals surface area contributed by atoms with Gasteiger partial charge in [0.15, 0.2) is 0 Å². The topological polar surface area (TPSA) is 113 Å². The molecule has 4 rings (SSSR count). The molecule has 1 aliphatic rings. The summed E-state index contributed by atoms with van der Waals surface area (Å²) in [7, 11) is -3.85. The molecule has 1 atom stereocenters. The predicted octanol–water partition coefficient (Wildman–Crippen LogP) is 2.83. The van der Waals surface area contributed by atoms with Crippen LogP contribution in [0.3, 0.4) is 0 Å². The van der Waals surface area contributed by atoms with Gasteiger partial charge in [-0.2, -0.15) is 0 Å². The molecule has 0 saturated carbocycles. The largest absolute Gasteiger partial charge is 0.362 e. The summed E-state index contributed by atoms with van der Waals surface area (Å²) in [5.74, 6) is -0.185. The van der Waals surface area contributed by atoms with E-state index in [1.165, 1.54) is 12.1 Å². The summed E-state index contributed by atoms with van der Waals surface area (Å²) in [4.78, 5) is 19.1. The molecule has 0 amide bonds. The molecule has 31 heavy (non-hydrogen) atoms. The highest BCUT2D eigenvalue weighted by Gasteiger charge is 2.45. The number of amidine groups is 1. The highest BCUT2D eigenvalue weighted by Crippen LogP contribution is 2.31. The number of Topliss-reactive ketones (excluding diaryl/α,β-unsaturated/α-hetero) is 1. The first-order valence-electron chi connectivity index (χ1n) is 9.26. The van der Waals surface area contributed by atoms with E-state index >= 15 is 0 Å². The van der Waals surface area contributed by atoms with Gasteiger partial charge in [-0.3, -0.25) is 4.79 Å². The lowest BCUT2D eigenvalue weighted by atomic mass is 10.0. The molecular formula is C22H18ClN3O4S. The van der Waals surface area contributed by atoms with Crippen molar-refractivity contribution >= 4 is 38.9 Å².